The molecule has 0 bridgehead atoms. The van der Waals surface area contributed by atoms with Gasteiger partial charge in [-0.05, 0) is 0 Å². The molecule has 0 aromatic carbocycles. The summed E-state index contributed by atoms with van der Waals surface area (Å²) in [7, 11) is 1.28. The van der Waals surface area contributed by atoms with Gasteiger partial charge in [0.25, 0.3) is 5.91 Å². The third-order valence-corrected chi connectivity index (χ3v) is 1.63. The Morgan fingerprint density at radius 3 is 2.80 bits per heavy atom. The van der Waals surface area contributed by atoms with Crippen molar-refractivity contribution in [3.05, 3.63) is 5.69 Å². The first-order valence-electron chi connectivity index (χ1n) is 4.16. The van der Waals surface area contributed by atoms with Gasteiger partial charge in [0, 0.05) is 6.54 Å². The van der Waals surface area contributed by atoms with Crippen LogP contribution in [0.15, 0.2) is 0 Å². The smallest absolute Gasteiger partial charge is 0.307 e. The fourth-order valence-electron chi connectivity index (χ4n) is 0.870. The Morgan fingerprint density at radius 2 is 2.27 bits per heavy atom. The van der Waals surface area contributed by atoms with E-state index < -0.39 is 11.9 Å². The van der Waals surface area contributed by atoms with E-state index in [0.717, 1.165) is 0 Å². The summed E-state index contributed by atoms with van der Waals surface area (Å²) in [5.74, 6) is -0.862. The van der Waals surface area contributed by atoms with Crippen molar-refractivity contribution in [1.82, 2.24) is 20.7 Å². The number of esters is 1. The summed E-state index contributed by atoms with van der Waals surface area (Å²) in [6, 6.07) is 0. The number of ether oxygens (including phenoxy) is 1. The highest BCUT2D eigenvalue weighted by molar-refractivity contribution is 5.96. The van der Waals surface area contributed by atoms with E-state index in [4.69, 9.17) is 5.73 Å². The van der Waals surface area contributed by atoms with Gasteiger partial charge in [-0.3, -0.25) is 9.59 Å². The zero-order valence-electron chi connectivity index (χ0n) is 8.11. The van der Waals surface area contributed by atoms with Crippen molar-refractivity contribution >= 4 is 17.7 Å². The number of aromatic nitrogens is 3. The number of nitrogens with zero attached hydrogens (tertiary/aromatic N) is 2. The molecule has 0 saturated carbocycles. The van der Waals surface area contributed by atoms with Crippen LogP contribution in [-0.2, 0) is 9.53 Å². The van der Waals surface area contributed by atoms with E-state index in [-0.39, 0.29) is 24.5 Å². The molecule has 8 nitrogen and oxygen atoms in total. The summed E-state index contributed by atoms with van der Waals surface area (Å²) in [6.07, 6.45) is 0.0972. The van der Waals surface area contributed by atoms with Crippen molar-refractivity contribution in [3.8, 4) is 0 Å². The van der Waals surface area contributed by atoms with Crippen LogP contribution in [0.5, 0.6) is 0 Å². The van der Waals surface area contributed by atoms with Crippen LogP contribution in [0.1, 0.15) is 16.9 Å². The Bertz CT molecular complexity index is 361. The average molecular weight is 213 g/mol. The van der Waals surface area contributed by atoms with Gasteiger partial charge in [-0.2, -0.15) is 5.21 Å². The Labute approximate surface area is 85.2 Å². The lowest BCUT2D eigenvalue weighted by atomic mass is 10.3. The van der Waals surface area contributed by atoms with Crippen LogP contribution < -0.4 is 11.1 Å². The van der Waals surface area contributed by atoms with Crippen molar-refractivity contribution in [1.29, 1.82) is 0 Å². The highest BCUT2D eigenvalue weighted by Gasteiger charge is 2.13. The Kier molecular flexibility index (Phi) is 3.61. The van der Waals surface area contributed by atoms with Gasteiger partial charge in [-0.25, -0.2) is 0 Å². The molecule has 1 aromatic rings. The van der Waals surface area contributed by atoms with Crippen LogP contribution in [0.25, 0.3) is 0 Å². The molecule has 0 spiro atoms. The van der Waals surface area contributed by atoms with E-state index in [0.29, 0.717) is 0 Å². The first-order valence-corrected chi connectivity index (χ1v) is 4.16. The number of anilines is 1. The van der Waals surface area contributed by atoms with Crippen LogP contribution in [0.2, 0.25) is 0 Å². The minimum Gasteiger partial charge on any atom is -0.469 e. The highest BCUT2D eigenvalue weighted by Crippen LogP contribution is 2.00. The van der Waals surface area contributed by atoms with E-state index in [1.165, 1.54) is 7.11 Å². The molecule has 1 amide bonds. The second-order valence-electron chi connectivity index (χ2n) is 2.64. The van der Waals surface area contributed by atoms with E-state index in [1.807, 2.05) is 0 Å². The molecule has 0 fully saturated rings. The molecule has 8 heteroatoms. The molecule has 82 valence electrons. The quantitative estimate of drug-likeness (QED) is 0.533. The number of methoxy groups -OCH3 is 1. The number of hydrogen-bond acceptors (Lipinski definition) is 6. The lowest BCUT2D eigenvalue weighted by Crippen LogP contribution is -2.27. The minimum absolute atomic E-state index is 0.0138. The van der Waals surface area contributed by atoms with Gasteiger partial charge in [-0.1, -0.05) is 0 Å². The Hall–Kier alpha value is -2.12. The molecule has 4 N–H and O–H groups in total. The largest absolute Gasteiger partial charge is 0.469 e. The summed E-state index contributed by atoms with van der Waals surface area (Å²) in [4.78, 5) is 22.0. The molecule has 1 heterocycles. The summed E-state index contributed by atoms with van der Waals surface area (Å²) in [5, 5.41) is 11.7. The molecule has 1 aromatic heterocycles. The molecule has 0 saturated heterocycles. The zero-order valence-corrected chi connectivity index (χ0v) is 8.11. The van der Waals surface area contributed by atoms with Crippen molar-refractivity contribution in [2.45, 2.75) is 6.42 Å². The molecule has 0 aliphatic rings. The van der Waals surface area contributed by atoms with E-state index >= 15 is 0 Å². The lowest BCUT2D eigenvalue weighted by Gasteiger charge is -2.01. The van der Waals surface area contributed by atoms with Crippen LogP contribution in [0.3, 0.4) is 0 Å². The predicted molar refractivity (Wildman–Crippen MR) is 49.8 cm³/mol. The summed E-state index contributed by atoms with van der Waals surface area (Å²) < 4.78 is 4.40. The summed E-state index contributed by atoms with van der Waals surface area (Å²) in [5.41, 5.74) is 5.36. The first-order chi connectivity index (χ1) is 7.15. The number of hydrogen-bond donors (Lipinski definition) is 3. The maximum absolute atomic E-state index is 11.3. The Morgan fingerprint density at radius 1 is 1.53 bits per heavy atom. The SMILES string of the molecule is COC(=O)CCNC(=O)c1n[nH]nc1N. The van der Waals surface area contributed by atoms with Gasteiger partial charge in [0.15, 0.2) is 11.5 Å². The molecule has 0 aliphatic carbocycles. The molecular weight excluding hydrogens is 202 g/mol. The van der Waals surface area contributed by atoms with Crippen LogP contribution >= 0.6 is 0 Å². The van der Waals surface area contributed by atoms with E-state index in [9.17, 15) is 9.59 Å². The maximum Gasteiger partial charge on any atom is 0.307 e. The Balaban J connectivity index is 2.38. The fourth-order valence-corrected chi connectivity index (χ4v) is 0.870. The summed E-state index contributed by atoms with van der Waals surface area (Å²) >= 11 is 0. The topological polar surface area (TPSA) is 123 Å². The van der Waals surface area contributed by atoms with Gasteiger partial charge in [-0.15, -0.1) is 10.2 Å². The minimum atomic E-state index is -0.481. The monoisotopic (exact) mass is 213 g/mol. The van der Waals surface area contributed by atoms with Crippen LogP contribution in [-0.4, -0.2) is 40.9 Å². The molecule has 0 aliphatic heterocycles. The second kappa shape index (κ2) is 4.94. The number of nitrogen functional groups attached to an aromatic ring is 1. The van der Waals surface area contributed by atoms with Gasteiger partial charge in [0.2, 0.25) is 0 Å². The number of nitrogens with one attached hydrogen (secondary N) is 2. The molecule has 15 heavy (non-hydrogen) atoms. The van der Waals surface area contributed by atoms with E-state index in [2.05, 4.69) is 25.5 Å². The van der Waals surface area contributed by atoms with Crippen molar-refractivity contribution in [2.75, 3.05) is 19.4 Å². The fraction of sp³-hybridized carbons (Fsp3) is 0.429. The lowest BCUT2D eigenvalue weighted by molar-refractivity contribution is -0.140. The second-order valence-corrected chi connectivity index (χ2v) is 2.64. The zero-order chi connectivity index (χ0) is 11.3. The summed E-state index contributed by atoms with van der Waals surface area (Å²) in [6.45, 7) is 0.164. The van der Waals surface area contributed by atoms with Crippen LogP contribution in [0.4, 0.5) is 5.82 Å². The molecule has 0 radical (unpaired) electrons. The van der Waals surface area contributed by atoms with Crippen molar-refractivity contribution in [2.24, 2.45) is 0 Å². The normalized spacial score (nSPS) is 9.67. The molecule has 1 rings (SSSR count). The van der Waals surface area contributed by atoms with Gasteiger partial charge < -0.3 is 15.8 Å². The van der Waals surface area contributed by atoms with Gasteiger partial charge >= 0.3 is 5.97 Å². The van der Waals surface area contributed by atoms with E-state index in [1.54, 1.807) is 0 Å². The number of aromatic amines is 1. The maximum atomic E-state index is 11.3. The molecule has 0 atom stereocenters. The number of carbonyl (C=O) groups excluding carboxylic acids is 2. The van der Waals surface area contributed by atoms with Gasteiger partial charge in [0.05, 0.1) is 13.5 Å². The number of amides is 1. The van der Waals surface area contributed by atoms with Gasteiger partial charge in [0.1, 0.15) is 0 Å². The highest BCUT2D eigenvalue weighted by atomic mass is 16.5. The number of nitrogens with two attached hydrogens (primary N) is 1. The number of H-pyrrole nitrogens is 1. The van der Waals surface area contributed by atoms with Crippen molar-refractivity contribution in [3.63, 3.8) is 0 Å². The average Bonchev–Trinajstić information content (AvgIpc) is 2.64. The predicted octanol–water partition coefficient (Wildman–Crippen LogP) is -1.32. The molecule has 0 unspecified atom stereocenters. The van der Waals surface area contributed by atoms with Crippen molar-refractivity contribution < 1.29 is 14.3 Å². The number of rotatable bonds is 4. The third kappa shape index (κ3) is 2.93. The standard InChI is InChI=1S/C7H11N5O3/c1-15-4(13)2-3-9-7(14)5-6(8)11-12-10-5/h2-3H2,1H3,(H,9,14)(H3,8,10,11,12). The first kappa shape index (κ1) is 11.0. The number of carbonyl (C=O) groups is 2. The van der Waals surface area contributed by atoms with Crippen LogP contribution in [0, 0.1) is 0 Å². The third-order valence-electron chi connectivity index (χ3n) is 1.63. The molecular formula is C7H11N5O3.